The van der Waals surface area contributed by atoms with Gasteiger partial charge >= 0.3 is 17.9 Å². The Bertz CT molecular complexity index is 922. The fourth-order valence-electron chi connectivity index (χ4n) is 6.46. The number of rotatable bonds is 41. The number of unbranched alkanes of at least 4 members (excludes halogenated alkanes) is 24. The molecule has 54 heavy (non-hydrogen) atoms. The Morgan fingerprint density at radius 3 is 1.13 bits per heavy atom. The van der Waals surface area contributed by atoms with Crippen molar-refractivity contribution in [2.24, 2.45) is 0 Å². The van der Waals surface area contributed by atoms with E-state index in [-0.39, 0.29) is 31.1 Å². The van der Waals surface area contributed by atoms with Crippen LogP contribution in [-0.4, -0.2) is 37.2 Å². The van der Waals surface area contributed by atoms with Gasteiger partial charge in [-0.15, -0.1) is 0 Å². The topological polar surface area (TPSA) is 78.9 Å². The summed E-state index contributed by atoms with van der Waals surface area (Å²) in [4.78, 5) is 37.6. The van der Waals surface area contributed by atoms with Crippen LogP contribution in [0.15, 0.2) is 36.5 Å². The van der Waals surface area contributed by atoms with E-state index in [1.807, 2.05) is 0 Å². The average molecular weight is 759 g/mol. The van der Waals surface area contributed by atoms with Crippen LogP contribution in [0.25, 0.3) is 0 Å². The summed E-state index contributed by atoms with van der Waals surface area (Å²) < 4.78 is 16.6. The molecular weight excluding hydrogens is 673 g/mol. The number of hydrogen-bond donors (Lipinski definition) is 0. The van der Waals surface area contributed by atoms with Crippen LogP contribution in [0.4, 0.5) is 0 Å². The lowest BCUT2D eigenvalue weighted by Crippen LogP contribution is -2.30. The summed E-state index contributed by atoms with van der Waals surface area (Å²) >= 11 is 0. The molecule has 0 aromatic rings. The SMILES string of the molecule is CC/C=C\C/C=C\C/C=C\CCCCCCCCCC(=O)OCC(COC(=O)CCCCCCCC)OC(=O)CCCCCCCCCCCCCCC. The second kappa shape index (κ2) is 43.4. The fourth-order valence-corrected chi connectivity index (χ4v) is 6.46. The van der Waals surface area contributed by atoms with Gasteiger partial charge in [0, 0.05) is 19.3 Å². The van der Waals surface area contributed by atoms with E-state index in [2.05, 4.69) is 57.2 Å². The number of ether oxygens (including phenoxy) is 3. The molecule has 0 radical (unpaired) electrons. The molecule has 0 aromatic carbocycles. The maximum Gasteiger partial charge on any atom is 0.306 e. The Kier molecular flexibility index (Phi) is 41.5. The minimum absolute atomic E-state index is 0.0733. The number of carbonyl (C=O) groups is 3. The van der Waals surface area contributed by atoms with Gasteiger partial charge in [-0.3, -0.25) is 14.4 Å². The maximum absolute atomic E-state index is 12.7. The molecular formula is C48H86O6. The van der Waals surface area contributed by atoms with Crippen molar-refractivity contribution in [2.75, 3.05) is 13.2 Å². The lowest BCUT2D eigenvalue weighted by atomic mass is 10.0. The minimum atomic E-state index is -0.767. The first-order valence-electron chi connectivity index (χ1n) is 23.0. The van der Waals surface area contributed by atoms with E-state index in [0.29, 0.717) is 19.3 Å². The zero-order chi connectivity index (χ0) is 39.4. The number of esters is 3. The summed E-state index contributed by atoms with van der Waals surface area (Å²) in [6.45, 7) is 6.46. The van der Waals surface area contributed by atoms with Gasteiger partial charge in [0.2, 0.25) is 0 Å². The van der Waals surface area contributed by atoms with Crippen molar-refractivity contribution in [3.05, 3.63) is 36.5 Å². The van der Waals surface area contributed by atoms with Gasteiger partial charge < -0.3 is 14.2 Å². The molecule has 1 unspecified atom stereocenters. The van der Waals surface area contributed by atoms with Crippen molar-refractivity contribution in [3.8, 4) is 0 Å². The summed E-state index contributed by atoms with van der Waals surface area (Å²) in [6.07, 6.45) is 48.6. The molecule has 0 aliphatic heterocycles. The predicted octanol–water partition coefficient (Wildman–Crippen LogP) is 14.6. The lowest BCUT2D eigenvalue weighted by molar-refractivity contribution is -0.167. The normalized spacial score (nSPS) is 12.3. The summed E-state index contributed by atoms with van der Waals surface area (Å²) in [5.41, 5.74) is 0. The van der Waals surface area contributed by atoms with E-state index in [0.717, 1.165) is 83.5 Å². The average Bonchev–Trinajstić information content (AvgIpc) is 3.17. The van der Waals surface area contributed by atoms with Crippen molar-refractivity contribution >= 4 is 17.9 Å². The van der Waals surface area contributed by atoms with Crippen LogP contribution in [-0.2, 0) is 28.6 Å². The summed E-state index contributed by atoms with van der Waals surface area (Å²) in [6, 6.07) is 0. The summed E-state index contributed by atoms with van der Waals surface area (Å²) in [5, 5.41) is 0. The van der Waals surface area contributed by atoms with Crippen LogP contribution >= 0.6 is 0 Å². The highest BCUT2D eigenvalue weighted by molar-refractivity contribution is 5.71. The quantitative estimate of drug-likeness (QED) is 0.0267. The van der Waals surface area contributed by atoms with Gasteiger partial charge in [-0.2, -0.15) is 0 Å². The third kappa shape index (κ3) is 40.8. The molecule has 0 heterocycles. The highest BCUT2D eigenvalue weighted by Crippen LogP contribution is 2.15. The van der Waals surface area contributed by atoms with Gasteiger partial charge in [-0.05, 0) is 51.4 Å². The second-order valence-electron chi connectivity index (χ2n) is 15.3. The molecule has 0 aliphatic rings. The Hall–Kier alpha value is -2.37. The minimum Gasteiger partial charge on any atom is -0.462 e. The Balaban J connectivity index is 4.25. The lowest BCUT2D eigenvalue weighted by Gasteiger charge is -2.18. The monoisotopic (exact) mass is 759 g/mol. The summed E-state index contributed by atoms with van der Waals surface area (Å²) in [7, 11) is 0. The highest BCUT2D eigenvalue weighted by atomic mass is 16.6. The maximum atomic E-state index is 12.7. The number of carbonyl (C=O) groups excluding carboxylic acids is 3. The van der Waals surface area contributed by atoms with E-state index in [4.69, 9.17) is 14.2 Å². The Labute approximate surface area is 334 Å². The second-order valence-corrected chi connectivity index (χ2v) is 15.3. The molecule has 0 bridgehead atoms. The molecule has 6 nitrogen and oxygen atoms in total. The molecule has 0 aromatic heterocycles. The van der Waals surface area contributed by atoms with Gasteiger partial charge in [-0.1, -0.05) is 198 Å². The van der Waals surface area contributed by atoms with Crippen LogP contribution in [0, 0.1) is 0 Å². The van der Waals surface area contributed by atoms with Crippen molar-refractivity contribution in [1.29, 1.82) is 0 Å². The van der Waals surface area contributed by atoms with Gasteiger partial charge in [-0.25, -0.2) is 0 Å². The van der Waals surface area contributed by atoms with Crippen LogP contribution in [0.3, 0.4) is 0 Å². The smallest absolute Gasteiger partial charge is 0.306 e. The molecule has 0 rings (SSSR count). The number of allylic oxidation sites excluding steroid dienone is 6. The molecule has 0 aliphatic carbocycles. The van der Waals surface area contributed by atoms with E-state index < -0.39 is 6.10 Å². The van der Waals surface area contributed by atoms with Gasteiger partial charge in [0.1, 0.15) is 13.2 Å². The fraction of sp³-hybridized carbons (Fsp3) is 0.812. The summed E-state index contributed by atoms with van der Waals surface area (Å²) in [5.74, 6) is -0.889. The molecule has 0 N–H and O–H groups in total. The van der Waals surface area contributed by atoms with Crippen LogP contribution in [0.2, 0.25) is 0 Å². The van der Waals surface area contributed by atoms with Crippen LogP contribution in [0.1, 0.15) is 233 Å². The van der Waals surface area contributed by atoms with E-state index in [1.54, 1.807) is 0 Å². The zero-order valence-corrected chi connectivity index (χ0v) is 35.7. The van der Waals surface area contributed by atoms with Gasteiger partial charge in [0.25, 0.3) is 0 Å². The Morgan fingerprint density at radius 2 is 0.722 bits per heavy atom. The third-order valence-electron chi connectivity index (χ3n) is 9.91. The molecule has 1 atom stereocenters. The van der Waals surface area contributed by atoms with Crippen molar-refractivity contribution in [2.45, 2.75) is 239 Å². The Morgan fingerprint density at radius 1 is 0.389 bits per heavy atom. The van der Waals surface area contributed by atoms with Crippen LogP contribution in [0.5, 0.6) is 0 Å². The van der Waals surface area contributed by atoms with E-state index >= 15 is 0 Å². The standard InChI is InChI=1S/C48H86O6/c1-4-7-10-13-16-18-20-22-23-24-25-27-28-30-32-35-38-41-47(50)53-44-45(43-52-46(49)40-37-34-15-12-9-6-3)54-48(51)42-39-36-33-31-29-26-21-19-17-14-11-8-5-2/h7,10,16,18,22-23,45H,4-6,8-9,11-15,17,19-21,24-44H2,1-3H3/b10-7-,18-16-,23-22-. The third-order valence-corrected chi connectivity index (χ3v) is 9.91. The molecule has 0 spiro atoms. The number of hydrogen-bond acceptors (Lipinski definition) is 6. The molecule has 0 fully saturated rings. The molecule has 314 valence electrons. The first kappa shape index (κ1) is 51.6. The van der Waals surface area contributed by atoms with E-state index in [1.165, 1.54) is 109 Å². The molecule has 0 saturated heterocycles. The largest absolute Gasteiger partial charge is 0.462 e. The first-order valence-corrected chi connectivity index (χ1v) is 23.0. The van der Waals surface area contributed by atoms with Crippen LogP contribution < -0.4 is 0 Å². The predicted molar refractivity (Wildman–Crippen MR) is 229 cm³/mol. The van der Waals surface area contributed by atoms with Crippen molar-refractivity contribution in [1.82, 2.24) is 0 Å². The van der Waals surface area contributed by atoms with Gasteiger partial charge in [0.05, 0.1) is 0 Å². The van der Waals surface area contributed by atoms with Gasteiger partial charge in [0.15, 0.2) is 6.10 Å². The van der Waals surface area contributed by atoms with E-state index in [9.17, 15) is 14.4 Å². The molecule has 6 heteroatoms. The zero-order valence-electron chi connectivity index (χ0n) is 35.7. The highest BCUT2D eigenvalue weighted by Gasteiger charge is 2.19. The molecule has 0 amide bonds. The van der Waals surface area contributed by atoms with Crippen molar-refractivity contribution in [3.63, 3.8) is 0 Å². The molecule has 0 saturated carbocycles. The first-order chi connectivity index (χ1) is 26.5. The van der Waals surface area contributed by atoms with Crippen molar-refractivity contribution < 1.29 is 28.6 Å².